The van der Waals surface area contributed by atoms with Gasteiger partial charge in [-0.05, 0) is 37.4 Å². The average Bonchev–Trinajstić information content (AvgIpc) is 2.88. The number of likely N-dealkylation sites (tertiary alicyclic amines) is 1. The van der Waals surface area contributed by atoms with Crippen molar-refractivity contribution in [1.82, 2.24) is 9.47 Å². The first-order chi connectivity index (χ1) is 8.75. The SMILES string of the molecule is CN1CC2CCc3c(c4ccccc4n3C)C2C1. The van der Waals surface area contributed by atoms with Crippen LogP contribution in [0.3, 0.4) is 0 Å². The van der Waals surface area contributed by atoms with E-state index in [1.807, 2.05) is 0 Å². The number of benzene rings is 1. The van der Waals surface area contributed by atoms with Crippen molar-refractivity contribution >= 4 is 10.9 Å². The summed E-state index contributed by atoms with van der Waals surface area (Å²) in [6, 6.07) is 8.92. The predicted molar refractivity (Wildman–Crippen MR) is 75.0 cm³/mol. The van der Waals surface area contributed by atoms with Gasteiger partial charge in [0, 0.05) is 42.7 Å². The molecule has 2 heteroatoms. The molecule has 2 aromatic rings. The molecule has 2 atom stereocenters. The van der Waals surface area contributed by atoms with E-state index in [9.17, 15) is 0 Å². The molecule has 1 saturated heterocycles. The second kappa shape index (κ2) is 3.61. The molecule has 1 aromatic heterocycles. The zero-order valence-electron chi connectivity index (χ0n) is 11.2. The quantitative estimate of drug-likeness (QED) is 0.687. The number of nitrogens with zero attached hydrogens (tertiary/aromatic N) is 2. The largest absolute Gasteiger partial charge is 0.347 e. The van der Waals surface area contributed by atoms with Crippen molar-refractivity contribution in [3.05, 3.63) is 35.5 Å². The van der Waals surface area contributed by atoms with Gasteiger partial charge in [-0.1, -0.05) is 18.2 Å². The van der Waals surface area contributed by atoms with Crippen LogP contribution in [0.15, 0.2) is 24.3 Å². The molecule has 1 aromatic carbocycles. The maximum Gasteiger partial charge on any atom is 0.0482 e. The summed E-state index contributed by atoms with van der Waals surface area (Å²) in [5, 5.41) is 1.50. The van der Waals surface area contributed by atoms with Gasteiger partial charge in [0.2, 0.25) is 0 Å². The minimum absolute atomic E-state index is 0.768. The Hall–Kier alpha value is -1.28. The fourth-order valence-electron chi connectivity index (χ4n) is 4.22. The van der Waals surface area contributed by atoms with E-state index in [4.69, 9.17) is 0 Å². The lowest BCUT2D eigenvalue weighted by Gasteiger charge is -2.25. The fourth-order valence-corrected chi connectivity index (χ4v) is 4.22. The summed E-state index contributed by atoms with van der Waals surface area (Å²) in [5.74, 6) is 1.65. The highest BCUT2D eigenvalue weighted by Gasteiger charge is 2.38. The van der Waals surface area contributed by atoms with Gasteiger partial charge in [-0.15, -0.1) is 0 Å². The number of hydrogen-bond donors (Lipinski definition) is 0. The molecular weight excluding hydrogens is 220 g/mol. The smallest absolute Gasteiger partial charge is 0.0482 e. The average molecular weight is 240 g/mol. The third kappa shape index (κ3) is 1.27. The monoisotopic (exact) mass is 240 g/mol. The molecule has 0 saturated carbocycles. The van der Waals surface area contributed by atoms with Crippen molar-refractivity contribution in [1.29, 1.82) is 0 Å². The van der Waals surface area contributed by atoms with Gasteiger partial charge < -0.3 is 9.47 Å². The van der Waals surface area contributed by atoms with Crippen molar-refractivity contribution in [2.45, 2.75) is 18.8 Å². The highest BCUT2D eigenvalue weighted by Crippen LogP contribution is 2.44. The number of fused-ring (bicyclic) bond motifs is 5. The van der Waals surface area contributed by atoms with Crippen molar-refractivity contribution in [3.63, 3.8) is 0 Å². The van der Waals surface area contributed by atoms with Crippen LogP contribution in [-0.4, -0.2) is 29.6 Å². The first-order valence-corrected chi connectivity index (χ1v) is 7.00. The molecule has 94 valence electrons. The summed E-state index contributed by atoms with van der Waals surface area (Å²) in [7, 11) is 4.50. The zero-order valence-corrected chi connectivity index (χ0v) is 11.2. The van der Waals surface area contributed by atoms with Crippen molar-refractivity contribution in [2.24, 2.45) is 13.0 Å². The Labute approximate surface area is 108 Å². The van der Waals surface area contributed by atoms with Crippen LogP contribution in [0.5, 0.6) is 0 Å². The zero-order chi connectivity index (χ0) is 12.3. The van der Waals surface area contributed by atoms with Crippen LogP contribution < -0.4 is 0 Å². The minimum atomic E-state index is 0.768. The molecule has 0 radical (unpaired) electrons. The van der Waals surface area contributed by atoms with Crippen LogP contribution in [0.1, 0.15) is 23.6 Å². The number of likely N-dealkylation sites (N-methyl/N-ethyl adjacent to an activating group) is 1. The second-order valence-corrected chi connectivity index (χ2v) is 6.06. The first kappa shape index (κ1) is 10.6. The van der Waals surface area contributed by atoms with E-state index < -0.39 is 0 Å². The maximum absolute atomic E-state index is 2.51. The van der Waals surface area contributed by atoms with Crippen LogP contribution >= 0.6 is 0 Å². The summed E-state index contributed by atoms with van der Waals surface area (Å²) in [6.45, 7) is 2.53. The lowest BCUT2D eigenvalue weighted by atomic mass is 9.79. The Balaban J connectivity index is 1.98. The number of aromatic nitrogens is 1. The molecule has 0 N–H and O–H groups in total. The lowest BCUT2D eigenvalue weighted by molar-refractivity contribution is 0.385. The van der Waals surface area contributed by atoms with Gasteiger partial charge in [0.1, 0.15) is 0 Å². The molecule has 2 unspecified atom stereocenters. The molecular formula is C16H20N2. The van der Waals surface area contributed by atoms with Gasteiger partial charge >= 0.3 is 0 Å². The first-order valence-electron chi connectivity index (χ1n) is 7.00. The van der Waals surface area contributed by atoms with Crippen LogP contribution in [0, 0.1) is 5.92 Å². The van der Waals surface area contributed by atoms with Crippen molar-refractivity contribution in [3.8, 4) is 0 Å². The van der Waals surface area contributed by atoms with E-state index in [1.54, 1.807) is 11.3 Å². The van der Waals surface area contributed by atoms with Gasteiger partial charge in [-0.3, -0.25) is 0 Å². The Morgan fingerprint density at radius 3 is 2.83 bits per heavy atom. The third-order valence-corrected chi connectivity index (χ3v) is 5.02. The molecule has 1 fully saturated rings. The molecule has 0 spiro atoms. The van der Waals surface area contributed by atoms with E-state index in [1.165, 1.54) is 36.8 Å². The van der Waals surface area contributed by atoms with Gasteiger partial charge in [-0.2, -0.15) is 0 Å². The summed E-state index contributed by atoms with van der Waals surface area (Å²) >= 11 is 0. The molecule has 1 aliphatic heterocycles. The molecule has 0 amide bonds. The Bertz CT molecular complexity index is 611. The van der Waals surface area contributed by atoms with Crippen LogP contribution in [0.25, 0.3) is 10.9 Å². The number of aryl methyl sites for hydroxylation is 1. The second-order valence-electron chi connectivity index (χ2n) is 6.06. The van der Waals surface area contributed by atoms with Crippen molar-refractivity contribution in [2.75, 3.05) is 20.1 Å². The number of hydrogen-bond acceptors (Lipinski definition) is 1. The lowest BCUT2D eigenvalue weighted by Crippen LogP contribution is -2.19. The van der Waals surface area contributed by atoms with Gasteiger partial charge in [0.15, 0.2) is 0 Å². The number of rotatable bonds is 0. The van der Waals surface area contributed by atoms with Gasteiger partial charge in [0.25, 0.3) is 0 Å². The topological polar surface area (TPSA) is 8.17 Å². The molecule has 2 aliphatic rings. The summed E-state index contributed by atoms with van der Waals surface area (Å²) in [5.41, 5.74) is 4.67. The fraction of sp³-hybridized carbons (Fsp3) is 0.500. The van der Waals surface area contributed by atoms with Crippen LogP contribution in [0.4, 0.5) is 0 Å². The van der Waals surface area contributed by atoms with Gasteiger partial charge in [-0.25, -0.2) is 0 Å². The predicted octanol–water partition coefficient (Wildman–Crippen LogP) is 2.77. The summed E-state index contributed by atoms with van der Waals surface area (Å²) in [4.78, 5) is 2.51. The molecule has 2 heterocycles. The molecule has 2 nitrogen and oxygen atoms in total. The molecule has 0 bridgehead atoms. The van der Waals surface area contributed by atoms with Crippen LogP contribution in [0.2, 0.25) is 0 Å². The Morgan fingerprint density at radius 1 is 1.11 bits per heavy atom. The minimum Gasteiger partial charge on any atom is -0.347 e. The Kier molecular flexibility index (Phi) is 2.13. The standard InChI is InChI=1S/C16H20N2/c1-17-9-11-7-8-15-16(13(11)10-17)12-5-3-4-6-14(12)18(15)2/h3-6,11,13H,7-10H2,1-2H3. The van der Waals surface area contributed by atoms with E-state index >= 15 is 0 Å². The molecule has 1 aliphatic carbocycles. The Morgan fingerprint density at radius 2 is 1.94 bits per heavy atom. The van der Waals surface area contributed by atoms with E-state index in [-0.39, 0.29) is 0 Å². The molecule has 4 rings (SSSR count). The number of para-hydroxylation sites is 1. The van der Waals surface area contributed by atoms with E-state index in [2.05, 4.69) is 47.8 Å². The molecule has 18 heavy (non-hydrogen) atoms. The van der Waals surface area contributed by atoms with Gasteiger partial charge in [0.05, 0.1) is 0 Å². The highest BCUT2D eigenvalue weighted by molar-refractivity contribution is 5.86. The third-order valence-electron chi connectivity index (χ3n) is 5.02. The van der Waals surface area contributed by atoms with Crippen LogP contribution in [-0.2, 0) is 13.5 Å². The highest BCUT2D eigenvalue weighted by atomic mass is 15.1. The maximum atomic E-state index is 2.51. The van der Waals surface area contributed by atoms with E-state index in [0.29, 0.717) is 0 Å². The summed E-state index contributed by atoms with van der Waals surface area (Å²) in [6.07, 6.45) is 2.63. The normalized spacial score (nSPS) is 27.4. The van der Waals surface area contributed by atoms with Crippen molar-refractivity contribution < 1.29 is 0 Å². The summed E-state index contributed by atoms with van der Waals surface area (Å²) < 4.78 is 2.43. The van der Waals surface area contributed by atoms with E-state index in [0.717, 1.165) is 11.8 Å².